The van der Waals surface area contributed by atoms with E-state index in [1.54, 1.807) is 6.20 Å². The molecule has 0 fully saturated rings. The van der Waals surface area contributed by atoms with Crippen LogP contribution in [0.2, 0.25) is 0 Å². The Hall–Kier alpha value is -0.880. The van der Waals surface area contributed by atoms with Crippen LogP contribution in [0.3, 0.4) is 0 Å². The summed E-state index contributed by atoms with van der Waals surface area (Å²) in [4.78, 5) is 4.19. The first-order valence-corrected chi connectivity index (χ1v) is 7.47. The molecular weight excluding hydrogens is 238 g/mol. The fourth-order valence-electron chi connectivity index (χ4n) is 1.45. The van der Waals surface area contributed by atoms with E-state index in [0.717, 1.165) is 12.1 Å². The van der Waals surface area contributed by atoms with E-state index in [1.165, 1.54) is 0 Å². The van der Waals surface area contributed by atoms with Gasteiger partial charge in [0.15, 0.2) is 0 Å². The van der Waals surface area contributed by atoms with Crippen molar-refractivity contribution in [3.63, 3.8) is 0 Å². The molecule has 0 aromatic carbocycles. The van der Waals surface area contributed by atoms with Crippen LogP contribution in [-0.2, 0) is 16.6 Å². The van der Waals surface area contributed by atoms with Gasteiger partial charge in [-0.1, -0.05) is 20.8 Å². The molecule has 1 atom stereocenters. The van der Waals surface area contributed by atoms with E-state index in [2.05, 4.69) is 37.4 Å². The molecule has 0 aliphatic rings. The first kappa shape index (κ1) is 14.2. The summed E-state index contributed by atoms with van der Waals surface area (Å²) < 4.78 is 26.6. The Labute approximate surface area is 103 Å². The smallest absolute Gasteiger partial charge is 0.209 e. The van der Waals surface area contributed by atoms with Crippen molar-refractivity contribution in [2.24, 2.45) is 5.41 Å². The highest BCUT2D eigenvalue weighted by atomic mass is 32.2. The molecule has 1 heterocycles. The molecule has 1 aromatic rings. The summed E-state index contributed by atoms with van der Waals surface area (Å²) in [7, 11) is -3.18. The van der Waals surface area contributed by atoms with Gasteiger partial charge in [-0.3, -0.25) is 0 Å². The van der Waals surface area contributed by atoms with Crippen molar-refractivity contribution in [1.82, 2.24) is 14.3 Å². The second-order valence-corrected chi connectivity index (χ2v) is 7.22. The van der Waals surface area contributed by atoms with Crippen LogP contribution >= 0.6 is 0 Å². The minimum absolute atomic E-state index is 0.0978. The Morgan fingerprint density at radius 3 is 2.53 bits per heavy atom. The van der Waals surface area contributed by atoms with E-state index in [-0.39, 0.29) is 18.0 Å². The van der Waals surface area contributed by atoms with Crippen LogP contribution in [0.1, 0.15) is 39.6 Å². The number of nitrogens with zero attached hydrogens (tertiary/aromatic N) is 2. The molecule has 1 unspecified atom stereocenters. The molecule has 6 heteroatoms. The van der Waals surface area contributed by atoms with Crippen LogP contribution in [0.4, 0.5) is 0 Å². The molecule has 0 aliphatic heterocycles. The second-order valence-electron chi connectivity index (χ2n) is 5.39. The predicted molar refractivity (Wildman–Crippen MR) is 68.1 cm³/mol. The lowest BCUT2D eigenvalue weighted by Crippen LogP contribution is -2.27. The van der Waals surface area contributed by atoms with Gasteiger partial charge in [0.1, 0.15) is 5.82 Å². The van der Waals surface area contributed by atoms with Gasteiger partial charge < -0.3 is 4.57 Å². The summed E-state index contributed by atoms with van der Waals surface area (Å²) in [6.07, 6.45) is 4.73. The third kappa shape index (κ3) is 4.12. The second kappa shape index (κ2) is 4.78. The zero-order valence-electron chi connectivity index (χ0n) is 11.1. The fourth-order valence-corrected chi connectivity index (χ4v) is 1.84. The maximum absolute atomic E-state index is 11.1. The average Bonchev–Trinajstić information content (AvgIpc) is 2.58. The highest BCUT2D eigenvalue weighted by Gasteiger charge is 2.23. The van der Waals surface area contributed by atoms with E-state index in [1.807, 2.05) is 10.8 Å². The Bertz CT molecular complexity index is 471. The van der Waals surface area contributed by atoms with E-state index in [9.17, 15) is 8.42 Å². The van der Waals surface area contributed by atoms with E-state index in [4.69, 9.17) is 0 Å². The standard InChI is InChI=1S/C11H21N3O2S/c1-9(11(2,3)4)14-7-6-12-10(14)8-13-17(5,15)16/h6-7,9,13H,8H2,1-5H3. The lowest BCUT2D eigenvalue weighted by atomic mass is 9.88. The molecule has 0 bridgehead atoms. The summed E-state index contributed by atoms with van der Waals surface area (Å²) in [5.41, 5.74) is 0.0978. The number of hydrogen-bond donors (Lipinski definition) is 1. The van der Waals surface area contributed by atoms with Gasteiger partial charge in [-0.05, 0) is 12.3 Å². The van der Waals surface area contributed by atoms with E-state index in [0.29, 0.717) is 0 Å². The lowest BCUT2D eigenvalue weighted by Gasteiger charge is -2.29. The molecule has 98 valence electrons. The maximum Gasteiger partial charge on any atom is 0.209 e. The predicted octanol–water partition coefficient (Wildman–Crippen LogP) is 1.54. The minimum atomic E-state index is -3.18. The third-order valence-corrected chi connectivity index (χ3v) is 3.58. The van der Waals surface area contributed by atoms with Gasteiger partial charge in [0.25, 0.3) is 0 Å². The maximum atomic E-state index is 11.1. The minimum Gasteiger partial charge on any atom is -0.331 e. The van der Waals surface area contributed by atoms with Crippen LogP contribution in [-0.4, -0.2) is 24.2 Å². The summed E-state index contributed by atoms with van der Waals surface area (Å²) in [6, 6.07) is 0.251. The first-order valence-electron chi connectivity index (χ1n) is 5.57. The van der Waals surface area contributed by atoms with Gasteiger partial charge >= 0.3 is 0 Å². The first-order chi connectivity index (χ1) is 7.61. The van der Waals surface area contributed by atoms with Crippen LogP contribution in [0.5, 0.6) is 0 Å². The highest BCUT2D eigenvalue weighted by Crippen LogP contribution is 2.30. The average molecular weight is 259 g/mol. The van der Waals surface area contributed by atoms with Gasteiger partial charge in [-0.15, -0.1) is 0 Å². The molecule has 1 N–H and O–H groups in total. The normalized spacial score (nSPS) is 14.9. The van der Waals surface area contributed by atoms with Gasteiger partial charge in [0, 0.05) is 18.4 Å². The van der Waals surface area contributed by atoms with Crippen LogP contribution < -0.4 is 4.72 Å². The van der Waals surface area contributed by atoms with Crippen molar-refractivity contribution in [2.45, 2.75) is 40.3 Å². The van der Waals surface area contributed by atoms with Crippen LogP contribution in [0.25, 0.3) is 0 Å². The number of sulfonamides is 1. The number of aromatic nitrogens is 2. The van der Waals surface area contributed by atoms with E-state index >= 15 is 0 Å². The van der Waals surface area contributed by atoms with E-state index < -0.39 is 10.0 Å². The summed E-state index contributed by atoms with van der Waals surface area (Å²) in [5, 5.41) is 0. The Balaban J connectivity index is 2.87. The molecule has 0 saturated heterocycles. The largest absolute Gasteiger partial charge is 0.331 e. The molecule has 0 aliphatic carbocycles. The van der Waals surface area contributed by atoms with Gasteiger partial charge in [-0.25, -0.2) is 18.1 Å². The van der Waals surface area contributed by atoms with Crippen LogP contribution in [0.15, 0.2) is 12.4 Å². The summed E-state index contributed by atoms with van der Waals surface area (Å²) in [5.74, 6) is 0.734. The summed E-state index contributed by atoms with van der Waals surface area (Å²) >= 11 is 0. The fraction of sp³-hybridized carbons (Fsp3) is 0.727. The number of imidazole rings is 1. The topological polar surface area (TPSA) is 64.0 Å². The Morgan fingerprint density at radius 1 is 1.47 bits per heavy atom. The van der Waals surface area contributed by atoms with Crippen molar-refractivity contribution >= 4 is 10.0 Å². The summed E-state index contributed by atoms with van der Waals surface area (Å²) in [6.45, 7) is 8.76. The molecule has 17 heavy (non-hydrogen) atoms. The van der Waals surface area contributed by atoms with Gasteiger partial charge in [0.2, 0.25) is 10.0 Å². The SMILES string of the molecule is CC(n1ccnc1CNS(C)(=O)=O)C(C)(C)C. The lowest BCUT2D eigenvalue weighted by molar-refractivity contribution is 0.257. The van der Waals surface area contributed by atoms with Crippen molar-refractivity contribution in [3.8, 4) is 0 Å². The molecule has 0 spiro atoms. The zero-order valence-corrected chi connectivity index (χ0v) is 11.9. The third-order valence-electron chi connectivity index (χ3n) is 2.91. The molecule has 5 nitrogen and oxygen atoms in total. The van der Waals surface area contributed by atoms with Crippen molar-refractivity contribution in [3.05, 3.63) is 18.2 Å². The Morgan fingerprint density at radius 2 is 2.06 bits per heavy atom. The molecule has 0 radical (unpaired) electrons. The quantitative estimate of drug-likeness (QED) is 0.892. The van der Waals surface area contributed by atoms with Crippen molar-refractivity contribution in [1.29, 1.82) is 0 Å². The van der Waals surface area contributed by atoms with Gasteiger partial charge in [-0.2, -0.15) is 0 Å². The van der Waals surface area contributed by atoms with Gasteiger partial charge in [0.05, 0.1) is 12.8 Å². The monoisotopic (exact) mass is 259 g/mol. The Kier molecular flexibility index (Phi) is 3.99. The van der Waals surface area contributed by atoms with Crippen LogP contribution in [0, 0.1) is 5.41 Å². The highest BCUT2D eigenvalue weighted by molar-refractivity contribution is 7.88. The molecule has 0 amide bonds. The van der Waals surface area contributed by atoms with Crippen molar-refractivity contribution in [2.75, 3.05) is 6.26 Å². The molecule has 0 saturated carbocycles. The number of nitrogens with one attached hydrogen (secondary N) is 1. The molecule has 1 rings (SSSR count). The molecular formula is C11H21N3O2S. The van der Waals surface area contributed by atoms with Crippen molar-refractivity contribution < 1.29 is 8.42 Å². The zero-order chi connectivity index (χ0) is 13.3. The number of rotatable bonds is 4. The molecule has 1 aromatic heterocycles. The number of hydrogen-bond acceptors (Lipinski definition) is 3.